The number of aliphatic carboxylic acids is 1. The average Bonchev–Trinajstić information content (AvgIpc) is 3.22. The van der Waals surface area contributed by atoms with Gasteiger partial charge in [0.25, 0.3) is 0 Å². The fraction of sp³-hybridized carbons (Fsp3) is 0.733. The van der Waals surface area contributed by atoms with E-state index in [1.165, 1.54) is 18.9 Å². The molecule has 3 rings (SSSR count). The summed E-state index contributed by atoms with van der Waals surface area (Å²) in [7, 11) is 0. The van der Waals surface area contributed by atoms with Crippen LogP contribution in [-0.4, -0.2) is 35.6 Å². The largest absolute Gasteiger partial charge is 0.478 e. The molecule has 5 heteroatoms. The monoisotopic (exact) mass is 278 g/mol. The van der Waals surface area contributed by atoms with Crippen molar-refractivity contribution < 1.29 is 14.7 Å². The Bertz CT molecular complexity index is 470. The summed E-state index contributed by atoms with van der Waals surface area (Å²) in [4.78, 5) is 23.0. The zero-order chi connectivity index (χ0) is 14.3. The lowest BCUT2D eigenvalue weighted by Crippen LogP contribution is -2.58. The van der Waals surface area contributed by atoms with Crippen molar-refractivity contribution in [2.24, 2.45) is 17.8 Å². The Morgan fingerprint density at radius 1 is 1.35 bits per heavy atom. The standard InChI is InChI=1S/C15H22N2O3/c1-15(6-10(14(19)20)5-13(18)17-15)12-4-11(7-16-8-12)9-2-3-9/h5,9,11-12,16H,2-4,6-8H2,1H3,(H,17,18)(H,19,20). The van der Waals surface area contributed by atoms with E-state index in [9.17, 15) is 14.7 Å². The molecule has 0 radical (unpaired) electrons. The van der Waals surface area contributed by atoms with Crippen molar-refractivity contribution in [2.75, 3.05) is 13.1 Å². The van der Waals surface area contributed by atoms with Crippen LogP contribution < -0.4 is 10.6 Å². The van der Waals surface area contributed by atoms with Crippen LogP contribution in [0.15, 0.2) is 11.6 Å². The molecule has 20 heavy (non-hydrogen) atoms. The molecule has 3 aliphatic rings. The molecular formula is C15H22N2O3. The molecule has 0 spiro atoms. The van der Waals surface area contributed by atoms with E-state index in [1.807, 2.05) is 6.92 Å². The van der Waals surface area contributed by atoms with E-state index in [-0.39, 0.29) is 11.5 Å². The lowest BCUT2D eigenvalue weighted by Gasteiger charge is -2.44. The number of carbonyl (C=O) groups is 2. The molecule has 0 aromatic rings. The van der Waals surface area contributed by atoms with Crippen molar-refractivity contribution >= 4 is 11.9 Å². The lowest BCUT2D eigenvalue weighted by molar-refractivity contribution is -0.134. The summed E-state index contributed by atoms with van der Waals surface area (Å²) in [5, 5.41) is 15.7. The molecule has 1 saturated heterocycles. The Morgan fingerprint density at radius 2 is 2.10 bits per heavy atom. The Labute approximate surface area is 118 Å². The maximum absolute atomic E-state index is 11.8. The van der Waals surface area contributed by atoms with Gasteiger partial charge in [-0.15, -0.1) is 0 Å². The minimum Gasteiger partial charge on any atom is -0.478 e. The number of amides is 1. The second-order valence-electron chi connectivity index (χ2n) is 6.75. The first-order valence-electron chi connectivity index (χ1n) is 7.44. The summed E-state index contributed by atoms with van der Waals surface area (Å²) in [6, 6.07) is 0. The SMILES string of the molecule is CC1(C2CNCC(C3CC3)C2)CC(C(=O)O)=CC(=O)N1. The summed E-state index contributed by atoms with van der Waals surface area (Å²) in [6.45, 7) is 3.90. The van der Waals surface area contributed by atoms with Crippen LogP contribution >= 0.6 is 0 Å². The highest BCUT2D eigenvalue weighted by atomic mass is 16.4. The fourth-order valence-corrected chi connectivity index (χ4v) is 3.74. The highest BCUT2D eigenvalue weighted by Gasteiger charge is 2.44. The first-order chi connectivity index (χ1) is 9.48. The summed E-state index contributed by atoms with van der Waals surface area (Å²) in [5.41, 5.74) is -0.218. The lowest BCUT2D eigenvalue weighted by atomic mass is 9.72. The van der Waals surface area contributed by atoms with Gasteiger partial charge < -0.3 is 15.7 Å². The molecule has 5 nitrogen and oxygen atoms in total. The van der Waals surface area contributed by atoms with Crippen LogP contribution in [0, 0.1) is 17.8 Å². The summed E-state index contributed by atoms with van der Waals surface area (Å²) >= 11 is 0. The highest BCUT2D eigenvalue weighted by molar-refractivity contribution is 5.99. The van der Waals surface area contributed by atoms with E-state index >= 15 is 0 Å². The molecule has 1 aliphatic carbocycles. The molecule has 3 unspecified atom stereocenters. The fourth-order valence-electron chi connectivity index (χ4n) is 3.74. The molecule has 3 N–H and O–H groups in total. The number of piperidine rings is 1. The van der Waals surface area contributed by atoms with Crippen molar-refractivity contribution in [3.8, 4) is 0 Å². The van der Waals surface area contributed by atoms with E-state index in [1.54, 1.807) is 0 Å². The Morgan fingerprint density at radius 3 is 2.75 bits per heavy atom. The van der Waals surface area contributed by atoms with Crippen molar-refractivity contribution in [3.63, 3.8) is 0 Å². The van der Waals surface area contributed by atoms with Crippen molar-refractivity contribution in [2.45, 2.75) is 38.1 Å². The number of carboxylic acid groups (broad SMARTS) is 1. The second kappa shape index (κ2) is 4.88. The van der Waals surface area contributed by atoms with Crippen LogP contribution in [0.3, 0.4) is 0 Å². The molecule has 0 aromatic heterocycles. The molecule has 2 aliphatic heterocycles. The van der Waals surface area contributed by atoms with Gasteiger partial charge in [-0.25, -0.2) is 4.79 Å². The first-order valence-corrected chi connectivity index (χ1v) is 7.44. The Hall–Kier alpha value is -1.36. The van der Waals surface area contributed by atoms with Gasteiger partial charge in [0.15, 0.2) is 0 Å². The third-order valence-corrected chi connectivity index (χ3v) is 5.12. The molecule has 2 fully saturated rings. The minimum atomic E-state index is -0.978. The van der Waals surface area contributed by atoms with Crippen LogP contribution in [-0.2, 0) is 9.59 Å². The number of rotatable bonds is 3. The second-order valence-corrected chi connectivity index (χ2v) is 6.75. The maximum atomic E-state index is 11.8. The summed E-state index contributed by atoms with van der Waals surface area (Å²) in [6.07, 6.45) is 5.36. The van der Waals surface area contributed by atoms with E-state index in [2.05, 4.69) is 10.6 Å². The van der Waals surface area contributed by atoms with Crippen molar-refractivity contribution in [1.82, 2.24) is 10.6 Å². The first kappa shape index (κ1) is 13.6. The normalized spacial score (nSPS) is 38.0. The topological polar surface area (TPSA) is 78.4 Å². The molecular weight excluding hydrogens is 256 g/mol. The van der Waals surface area contributed by atoms with E-state index < -0.39 is 11.5 Å². The number of nitrogens with one attached hydrogen (secondary N) is 2. The van der Waals surface area contributed by atoms with Crippen molar-refractivity contribution in [3.05, 3.63) is 11.6 Å². The van der Waals surface area contributed by atoms with Gasteiger partial charge in [-0.05, 0) is 50.5 Å². The number of hydrogen-bond donors (Lipinski definition) is 3. The van der Waals surface area contributed by atoms with Crippen LogP contribution in [0.4, 0.5) is 0 Å². The number of carbonyl (C=O) groups excluding carboxylic acids is 1. The predicted octanol–water partition coefficient (Wildman–Crippen LogP) is 0.912. The van der Waals surface area contributed by atoms with E-state index in [4.69, 9.17) is 0 Å². The van der Waals surface area contributed by atoms with Crippen LogP contribution in [0.5, 0.6) is 0 Å². The third-order valence-electron chi connectivity index (χ3n) is 5.12. The quantitative estimate of drug-likeness (QED) is 0.717. The zero-order valence-electron chi connectivity index (χ0n) is 11.8. The van der Waals surface area contributed by atoms with Gasteiger partial charge in [-0.2, -0.15) is 0 Å². The zero-order valence-corrected chi connectivity index (χ0v) is 11.8. The number of hydrogen-bond acceptors (Lipinski definition) is 3. The van der Waals surface area contributed by atoms with Gasteiger partial charge in [0.2, 0.25) is 5.91 Å². The molecule has 3 atom stereocenters. The van der Waals surface area contributed by atoms with Crippen LogP contribution in [0.1, 0.15) is 32.6 Å². The summed E-state index contributed by atoms with van der Waals surface area (Å²) in [5.74, 6) is 0.566. The van der Waals surface area contributed by atoms with E-state index in [0.29, 0.717) is 18.3 Å². The highest BCUT2D eigenvalue weighted by Crippen LogP contribution is 2.43. The van der Waals surface area contributed by atoms with Gasteiger partial charge in [0, 0.05) is 30.2 Å². The predicted molar refractivity (Wildman–Crippen MR) is 74.1 cm³/mol. The average molecular weight is 278 g/mol. The maximum Gasteiger partial charge on any atom is 0.331 e. The van der Waals surface area contributed by atoms with Gasteiger partial charge >= 0.3 is 5.97 Å². The smallest absolute Gasteiger partial charge is 0.331 e. The van der Waals surface area contributed by atoms with Crippen LogP contribution in [0.2, 0.25) is 0 Å². The minimum absolute atomic E-state index is 0.227. The Kier molecular flexibility index (Phi) is 3.32. The van der Waals surface area contributed by atoms with Gasteiger partial charge in [-0.3, -0.25) is 4.79 Å². The van der Waals surface area contributed by atoms with Gasteiger partial charge in [0.05, 0.1) is 0 Å². The molecule has 0 bridgehead atoms. The number of carboxylic acids is 1. The summed E-state index contributed by atoms with van der Waals surface area (Å²) < 4.78 is 0. The molecule has 1 amide bonds. The van der Waals surface area contributed by atoms with Crippen LogP contribution in [0.25, 0.3) is 0 Å². The van der Waals surface area contributed by atoms with Gasteiger partial charge in [-0.1, -0.05) is 0 Å². The Balaban J connectivity index is 1.75. The molecule has 110 valence electrons. The molecule has 0 aromatic carbocycles. The molecule has 2 heterocycles. The van der Waals surface area contributed by atoms with Crippen molar-refractivity contribution in [1.29, 1.82) is 0 Å². The molecule has 1 saturated carbocycles. The van der Waals surface area contributed by atoms with E-state index in [0.717, 1.165) is 25.4 Å². The third kappa shape index (κ3) is 2.59. The van der Waals surface area contributed by atoms with Gasteiger partial charge in [0.1, 0.15) is 0 Å².